The minimum Gasteiger partial charge on any atom is -0.496 e. The molecule has 1 aliphatic heterocycles. The van der Waals surface area contributed by atoms with E-state index in [-0.39, 0.29) is 11.7 Å². The van der Waals surface area contributed by atoms with Crippen molar-refractivity contribution in [3.05, 3.63) is 72.3 Å². The van der Waals surface area contributed by atoms with E-state index in [1.54, 1.807) is 48.5 Å². The Morgan fingerprint density at radius 1 is 0.857 bits per heavy atom. The van der Waals surface area contributed by atoms with Crippen molar-refractivity contribution < 1.29 is 32.2 Å². The van der Waals surface area contributed by atoms with E-state index in [4.69, 9.17) is 4.74 Å². The predicted molar refractivity (Wildman–Crippen MR) is 156 cm³/mol. The number of rotatable bonds is 11. The molecule has 42 heavy (non-hydrogen) atoms. The van der Waals surface area contributed by atoms with Gasteiger partial charge < -0.3 is 35.6 Å². The van der Waals surface area contributed by atoms with Gasteiger partial charge in [0, 0.05) is 41.4 Å². The molecular formula is C30H34F3N5O4. The number of methoxy groups -OCH3 is 1. The molecule has 0 atom stereocenters. The first-order valence-corrected chi connectivity index (χ1v) is 13.7. The fraction of sp³-hybridized carbons (Fsp3) is 0.333. The van der Waals surface area contributed by atoms with E-state index in [9.17, 15) is 22.8 Å². The van der Waals surface area contributed by atoms with Crippen molar-refractivity contribution in [3.8, 4) is 11.5 Å². The Morgan fingerprint density at radius 2 is 1.55 bits per heavy atom. The summed E-state index contributed by atoms with van der Waals surface area (Å²) in [4.78, 5) is 27.7. The van der Waals surface area contributed by atoms with Gasteiger partial charge in [0.2, 0.25) is 0 Å². The van der Waals surface area contributed by atoms with E-state index in [0.717, 1.165) is 26.1 Å². The number of ether oxygens (including phenoxy) is 2. The summed E-state index contributed by atoms with van der Waals surface area (Å²) >= 11 is 0. The van der Waals surface area contributed by atoms with E-state index in [2.05, 4.69) is 30.9 Å². The van der Waals surface area contributed by atoms with Crippen LogP contribution in [-0.2, 0) is 0 Å². The molecule has 0 unspecified atom stereocenters. The average molecular weight is 586 g/mol. The minimum absolute atomic E-state index is 0.241. The fourth-order valence-electron chi connectivity index (χ4n) is 4.61. The van der Waals surface area contributed by atoms with Crippen molar-refractivity contribution in [3.63, 3.8) is 0 Å². The molecule has 1 saturated heterocycles. The molecule has 0 aromatic heterocycles. The zero-order chi connectivity index (χ0) is 30.0. The van der Waals surface area contributed by atoms with Gasteiger partial charge in [0.15, 0.2) is 0 Å². The molecule has 0 spiro atoms. The zero-order valence-electron chi connectivity index (χ0n) is 23.2. The SMILES string of the molecule is COc1cc(NC(=O)Nc2ccc(Nc3cccc(OC(F)(F)F)c3)cc2)ccc1C(=O)NCCCN1CCCCC1. The normalized spacial score (nSPS) is 13.6. The second-order valence-electron chi connectivity index (χ2n) is 9.78. The quantitative estimate of drug-likeness (QED) is 0.190. The van der Waals surface area contributed by atoms with Crippen LogP contribution in [0.3, 0.4) is 0 Å². The van der Waals surface area contributed by atoms with Gasteiger partial charge in [-0.15, -0.1) is 13.2 Å². The minimum atomic E-state index is -4.78. The maximum absolute atomic E-state index is 12.7. The molecule has 4 N–H and O–H groups in total. The van der Waals surface area contributed by atoms with Crippen LogP contribution in [0.2, 0.25) is 0 Å². The molecule has 224 valence electrons. The molecule has 1 fully saturated rings. The summed E-state index contributed by atoms with van der Waals surface area (Å²) in [5.41, 5.74) is 2.29. The molecule has 1 aliphatic rings. The molecule has 1 heterocycles. The number of halogens is 3. The van der Waals surface area contributed by atoms with E-state index in [1.807, 2.05) is 0 Å². The Balaban J connectivity index is 1.26. The number of benzene rings is 3. The number of hydrogen-bond acceptors (Lipinski definition) is 6. The van der Waals surface area contributed by atoms with Crippen molar-refractivity contribution in [2.45, 2.75) is 32.0 Å². The first-order chi connectivity index (χ1) is 20.2. The Labute approximate surface area is 242 Å². The topological polar surface area (TPSA) is 104 Å². The molecule has 0 radical (unpaired) electrons. The average Bonchev–Trinajstić information content (AvgIpc) is 2.96. The molecule has 0 aliphatic carbocycles. The van der Waals surface area contributed by atoms with E-state index >= 15 is 0 Å². The van der Waals surface area contributed by atoms with E-state index in [1.165, 1.54) is 44.6 Å². The maximum Gasteiger partial charge on any atom is 0.573 e. The van der Waals surface area contributed by atoms with Gasteiger partial charge in [0.1, 0.15) is 11.5 Å². The van der Waals surface area contributed by atoms with Crippen LogP contribution in [0.15, 0.2) is 66.7 Å². The number of carbonyl (C=O) groups is 2. The van der Waals surface area contributed by atoms with Gasteiger partial charge in [-0.2, -0.15) is 0 Å². The van der Waals surface area contributed by atoms with Crippen LogP contribution < -0.4 is 30.7 Å². The van der Waals surface area contributed by atoms with Crippen molar-refractivity contribution in [1.29, 1.82) is 0 Å². The van der Waals surface area contributed by atoms with Crippen LogP contribution in [0.4, 0.5) is 40.7 Å². The zero-order valence-corrected chi connectivity index (χ0v) is 23.2. The summed E-state index contributed by atoms with van der Waals surface area (Å²) in [6.07, 6.45) is -0.151. The monoisotopic (exact) mass is 585 g/mol. The second kappa shape index (κ2) is 14.4. The van der Waals surface area contributed by atoms with Gasteiger partial charge in [-0.1, -0.05) is 12.5 Å². The molecule has 3 aromatic carbocycles. The predicted octanol–water partition coefficient (Wildman–Crippen LogP) is 6.59. The van der Waals surface area contributed by atoms with Gasteiger partial charge in [0.05, 0.1) is 12.7 Å². The summed E-state index contributed by atoms with van der Waals surface area (Å²) < 4.78 is 46.7. The summed E-state index contributed by atoms with van der Waals surface area (Å²) in [6.45, 7) is 3.76. The highest BCUT2D eigenvalue weighted by Gasteiger charge is 2.31. The lowest BCUT2D eigenvalue weighted by Crippen LogP contribution is -2.33. The number of hydrogen-bond donors (Lipinski definition) is 4. The number of nitrogens with one attached hydrogen (secondary N) is 4. The van der Waals surface area contributed by atoms with Crippen LogP contribution in [0, 0.1) is 0 Å². The first-order valence-electron chi connectivity index (χ1n) is 13.7. The third-order valence-electron chi connectivity index (χ3n) is 6.59. The number of carbonyl (C=O) groups excluding carboxylic acids is 2. The molecule has 3 aromatic rings. The molecule has 9 nitrogen and oxygen atoms in total. The van der Waals surface area contributed by atoms with Gasteiger partial charge in [0.25, 0.3) is 5.91 Å². The highest BCUT2D eigenvalue weighted by atomic mass is 19.4. The Hall–Kier alpha value is -4.45. The molecule has 3 amide bonds. The van der Waals surface area contributed by atoms with Crippen molar-refractivity contribution >= 4 is 34.7 Å². The van der Waals surface area contributed by atoms with Gasteiger partial charge >= 0.3 is 12.4 Å². The molecule has 4 rings (SSSR count). The lowest BCUT2D eigenvalue weighted by molar-refractivity contribution is -0.274. The van der Waals surface area contributed by atoms with Crippen molar-refractivity contribution in [2.75, 3.05) is 49.2 Å². The number of piperidine rings is 1. The van der Waals surface area contributed by atoms with Gasteiger partial charge in [-0.3, -0.25) is 4.79 Å². The molecule has 0 saturated carbocycles. The van der Waals surface area contributed by atoms with Crippen molar-refractivity contribution in [2.24, 2.45) is 0 Å². The van der Waals surface area contributed by atoms with Gasteiger partial charge in [-0.25, -0.2) is 4.79 Å². The summed E-state index contributed by atoms with van der Waals surface area (Å²) in [5, 5.41) is 11.3. The first kappa shape index (κ1) is 30.5. The Kier molecular flexibility index (Phi) is 10.5. The number of urea groups is 1. The van der Waals surface area contributed by atoms with Crippen LogP contribution in [0.1, 0.15) is 36.0 Å². The van der Waals surface area contributed by atoms with E-state index in [0.29, 0.717) is 40.6 Å². The van der Waals surface area contributed by atoms with Gasteiger partial charge in [-0.05, 0) is 87.4 Å². The number of likely N-dealkylation sites (tertiary alicyclic amines) is 1. The lowest BCUT2D eigenvalue weighted by atomic mass is 10.1. The smallest absolute Gasteiger partial charge is 0.496 e. The van der Waals surface area contributed by atoms with E-state index < -0.39 is 12.4 Å². The number of anilines is 4. The highest BCUT2D eigenvalue weighted by molar-refractivity contribution is 6.01. The molecule has 12 heteroatoms. The molecular weight excluding hydrogens is 551 g/mol. The Bertz CT molecular complexity index is 1350. The number of nitrogens with zero attached hydrogens (tertiary/aromatic N) is 1. The summed E-state index contributed by atoms with van der Waals surface area (Å²) in [7, 11) is 1.46. The third kappa shape index (κ3) is 9.58. The van der Waals surface area contributed by atoms with Crippen LogP contribution in [0.5, 0.6) is 11.5 Å². The summed E-state index contributed by atoms with van der Waals surface area (Å²) in [6, 6.07) is 16.4. The Morgan fingerprint density at radius 3 is 2.26 bits per heavy atom. The van der Waals surface area contributed by atoms with Crippen LogP contribution >= 0.6 is 0 Å². The second-order valence-corrected chi connectivity index (χ2v) is 9.78. The summed E-state index contributed by atoms with van der Waals surface area (Å²) in [5.74, 6) is -0.243. The van der Waals surface area contributed by atoms with Crippen molar-refractivity contribution in [1.82, 2.24) is 10.2 Å². The van der Waals surface area contributed by atoms with Crippen LogP contribution in [0.25, 0.3) is 0 Å². The third-order valence-corrected chi connectivity index (χ3v) is 6.59. The lowest BCUT2D eigenvalue weighted by Gasteiger charge is -2.26. The molecule has 0 bridgehead atoms. The standard InChI is InChI=1S/C30H34F3N5O4/c1-41-27-20-24(13-14-26(27)28(39)34-15-6-18-38-16-3-2-4-17-38)37-29(40)36-22-11-9-21(10-12-22)35-23-7-5-8-25(19-23)42-30(31,32)33/h5,7-14,19-20,35H,2-4,6,15-18H2,1H3,(H,34,39)(H2,36,37,40). The number of alkyl halides is 3. The number of amides is 3. The highest BCUT2D eigenvalue weighted by Crippen LogP contribution is 2.27. The fourth-order valence-corrected chi connectivity index (χ4v) is 4.61. The maximum atomic E-state index is 12.7. The van der Waals surface area contributed by atoms with Crippen LogP contribution in [-0.4, -0.2) is 56.5 Å². The largest absolute Gasteiger partial charge is 0.573 e.